The van der Waals surface area contributed by atoms with Crippen LogP contribution in [0, 0.1) is 0 Å². The minimum atomic E-state index is -4.43. The van der Waals surface area contributed by atoms with Crippen molar-refractivity contribution in [2.75, 3.05) is 6.54 Å². The Hall–Kier alpha value is -1.89. The standard InChI is InChI=1S/C12H13F3N4/c1-2-16-7-9-3-4-11(17-8-9)19-6-5-10(18-19)12(13,14)15/h3-6,8,16H,2,7H2,1H3. The number of hydrogen-bond acceptors (Lipinski definition) is 3. The molecule has 4 nitrogen and oxygen atoms in total. The van der Waals surface area contributed by atoms with Crippen LogP contribution in [0.5, 0.6) is 0 Å². The number of halogens is 3. The number of rotatable bonds is 4. The van der Waals surface area contributed by atoms with Gasteiger partial charge < -0.3 is 5.32 Å². The van der Waals surface area contributed by atoms with Gasteiger partial charge in [-0.05, 0) is 24.2 Å². The van der Waals surface area contributed by atoms with Gasteiger partial charge in [0.1, 0.15) is 0 Å². The molecule has 0 aromatic carbocycles. The van der Waals surface area contributed by atoms with Crippen molar-refractivity contribution in [2.45, 2.75) is 19.6 Å². The molecule has 0 spiro atoms. The molecule has 0 amide bonds. The topological polar surface area (TPSA) is 42.7 Å². The molecule has 102 valence electrons. The molecule has 7 heteroatoms. The quantitative estimate of drug-likeness (QED) is 0.927. The van der Waals surface area contributed by atoms with E-state index in [9.17, 15) is 13.2 Å². The second-order valence-electron chi connectivity index (χ2n) is 3.95. The average molecular weight is 270 g/mol. The molecule has 1 N–H and O–H groups in total. The normalized spacial score (nSPS) is 11.8. The maximum atomic E-state index is 12.4. The number of pyridine rings is 1. The molecule has 19 heavy (non-hydrogen) atoms. The van der Waals surface area contributed by atoms with E-state index in [1.54, 1.807) is 18.3 Å². The van der Waals surface area contributed by atoms with Gasteiger partial charge in [-0.25, -0.2) is 9.67 Å². The molecule has 0 unspecified atom stereocenters. The minimum Gasteiger partial charge on any atom is -0.313 e. The Kier molecular flexibility index (Phi) is 3.84. The zero-order chi connectivity index (χ0) is 13.9. The average Bonchev–Trinajstić information content (AvgIpc) is 2.86. The third kappa shape index (κ3) is 3.31. The van der Waals surface area contributed by atoms with Gasteiger partial charge >= 0.3 is 6.18 Å². The van der Waals surface area contributed by atoms with Gasteiger partial charge in [0.2, 0.25) is 0 Å². The fraction of sp³-hybridized carbons (Fsp3) is 0.333. The van der Waals surface area contributed by atoms with Crippen molar-refractivity contribution in [1.29, 1.82) is 0 Å². The third-order valence-electron chi connectivity index (χ3n) is 2.50. The third-order valence-corrected chi connectivity index (χ3v) is 2.50. The monoisotopic (exact) mass is 270 g/mol. The summed E-state index contributed by atoms with van der Waals surface area (Å²) in [6.45, 7) is 3.51. The summed E-state index contributed by atoms with van der Waals surface area (Å²) in [6, 6.07) is 4.37. The maximum Gasteiger partial charge on any atom is 0.435 e. The van der Waals surface area contributed by atoms with Gasteiger partial charge in [0.25, 0.3) is 0 Å². The fourth-order valence-corrected chi connectivity index (χ4v) is 1.53. The number of hydrogen-bond donors (Lipinski definition) is 1. The second-order valence-corrected chi connectivity index (χ2v) is 3.95. The Morgan fingerprint density at radius 3 is 2.58 bits per heavy atom. The molecule has 0 atom stereocenters. The van der Waals surface area contributed by atoms with Crippen molar-refractivity contribution in [3.63, 3.8) is 0 Å². The highest BCUT2D eigenvalue weighted by Crippen LogP contribution is 2.27. The van der Waals surface area contributed by atoms with E-state index >= 15 is 0 Å². The number of nitrogens with zero attached hydrogens (tertiary/aromatic N) is 3. The SMILES string of the molecule is CCNCc1ccc(-n2ccc(C(F)(F)F)n2)nc1. The van der Waals surface area contributed by atoms with Gasteiger partial charge in [0.15, 0.2) is 11.5 Å². The van der Waals surface area contributed by atoms with Gasteiger partial charge in [-0.1, -0.05) is 13.0 Å². The summed E-state index contributed by atoms with van der Waals surface area (Å²) in [6.07, 6.45) is -1.57. The largest absolute Gasteiger partial charge is 0.435 e. The predicted octanol–water partition coefficient (Wildman–Crippen LogP) is 2.40. The summed E-state index contributed by atoms with van der Waals surface area (Å²) < 4.78 is 38.4. The fourth-order valence-electron chi connectivity index (χ4n) is 1.53. The van der Waals surface area contributed by atoms with Crippen molar-refractivity contribution in [1.82, 2.24) is 20.1 Å². The Morgan fingerprint density at radius 2 is 2.05 bits per heavy atom. The smallest absolute Gasteiger partial charge is 0.313 e. The summed E-state index contributed by atoms with van der Waals surface area (Å²) >= 11 is 0. The van der Waals surface area contributed by atoms with Crippen LogP contribution in [0.4, 0.5) is 13.2 Å². The van der Waals surface area contributed by atoms with Crippen LogP contribution in [-0.2, 0) is 12.7 Å². The van der Waals surface area contributed by atoms with E-state index in [0.717, 1.165) is 22.9 Å². The second kappa shape index (κ2) is 5.40. The van der Waals surface area contributed by atoms with E-state index in [4.69, 9.17) is 0 Å². The zero-order valence-electron chi connectivity index (χ0n) is 10.3. The first kappa shape index (κ1) is 13.5. The molecule has 0 aliphatic carbocycles. The van der Waals surface area contributed by atoms with Gasteiger partial charge in [0.05, 0.1) is 0 Å². The van der Waals surface area contributed by atoms with Crippen molar-refractivity contribution in [3.8, 4) is 5.82 Å². The van der Waals surface area contributed by atoms with Crippen LogP contribution >= 0.6 is 0 Å². The molecule has 2 aromatic heterocycles. The Labute approximate surface area is 108 Å². The number of aromatic nitrogens is 3. The highest BCUT2D eigenvalue weighted by atomic mass is 19.4. The van der Waals surface area contributed by atoms with Gasteiger partial charge in [-0.2, -0.15) is 18.3 Å². The van der Waals surface area contributed by atoms with Gasteiger partial charge in [-0.15, -0.1) is 0 Å². The van der Waals surface area contributed by atoms with Crippen LogP contribution in [0.1, 0.15) is 18.2 Å². The summed E-state index contributed by atoms with van der Waals surface area (Å²) in [7, 11) is 0. The van der Waals surface area contributed by atoms with Crippen LogP contribution < -0.4 is 5.32 Å². The molecule has 2 heterocycles. The lowest BCUT2D eigenvalue weighted by Gasteiger charge is -2.04. The Balaban J connectivity index is 2.16. The molecule has 0 radical (unpaired) electrons. The lowest BCUT2D eigenvalue weighted by atomic mass is 10.3. The molecule has 2 aromatic rings. The first-order valence-corrected chi connectivity index (χ1v) is 5.79. The molecule has 2 rings (SSSR count). The van der Waals surface area contributed by atoms with E-state index in [0.29, 0.717) is 12.4 Å². The Bertz CT molecular complexity index is 531. The summed E-state index contributed by atoms with van der Waals surface area (Å²) in [5.74, 6) is 0.357. The van der Waals surface area contributed by atoms with E-state index in [1.165, 1.54) is 6.20 Å². The summed E-state index contributed by atoms with van der Waals surface area (Å²) in [5, 5.41) is 6.59. The highest BCUT2D eigenvalue weighted by molar-refractivity contribution is 5.25. The molecule has 0 bridgehead atoms. The zero-order valence-corrected chi connectivity index (χ0v) is 10.3. The first-order chi connectivity index (χ1) is 9.00. The van der Waals surface area contributed by atoms with E-state index in [2.05, 4.69) is 15.4 Å². The summed E-state index contributed by atoms with van der Waals surface area (Å²) in [5.41, 5.74) is 0.0415. The molecular formula is C12H13F3N4. The van der Waals surface area contributed by atoms with Crippen LogP contribution in [-0.4, -0.2) is 21.3 Å². The maximum absolute atomic E-state index is 12.4. The van der Waals surface area contributed by atoms with Crippen molar-refractivity contribution in [3.05, 3.63) is 41.9 Å². The molecule has 0 saturated carbocycles. The lowest BCUT2D eigenvalue weighted by molar-refractivity contribution is -0.141. The van der Waals surface area contributed by atoms with Gasteiger partial charge in [-0.3, -0.25) is 0 Å². The van der Waals surface area contributed by atoms with Crippen LogP contribution in [0.25, 0.3) is 5.82 Å². The first-order valence-electron chi connectivity index (χ1n) is 5.79. The van der Waals surface area contributed by atoms with E-state index in [-0.39, 0.29) is 0 Å². The van der Waals surface area contributed by atoms with Crippen molar-refractivity contribution in [2.24, 2.45) is 0 Å². The Morgan fingerprint density at radius 1 is 1.26 bits per heavy atom. The molecular weight excluding hydrogens is 257 g/mol. The highest BCUT2D eigenvalue weighted by Gasteiger charge is 2.33. The van der Waals surface area contributed by atoms with Crippen molar-refractivity contribution >= 4 is 0 Å². The number of alkyl halides is 3. The number of nitrogens with one attached hydrogen (secondary N) is 1. The van der Waals surface area contributed by atoms with Crippen LogP contribution in [0.15, 0.2) is 30.6 Å². The minimum absolute atomic E-state index is 0.357. The van der Waals surface area contributed by atoms with Crippen LogP contribution in [0.3, 0.4) is 0 Å². The van der Waals surface area contributed by atoms with E-state index < -0.39 is 11.9 Å². The van der Waals surface area contributed by atoms with Crippen molar-refractivity contribution < 1.29 is 13.2 Å². The van der Waals surface area contributed by atoms with E-state index in [1.807, 2.05) is 6.92 Å². The molecule has 0 aliphatic rings. The lowest BCUT2D eigenvalue weighted by Crippen LogP contribution is -2.12. The van der Waals surface area contributed by atoms with Gasteiger partial charge in [0, 0.05) is 18.9 Å². The molecule has 0 fully saturated rings. The molecule has 0 saturated heterocycles. The summed E-state index contributed by atoms with van der Waals surface area (Å²) in [4.78, 5) is 4.09. The predicted molar refractivity (Wildman–Crippen MR) is 63.7 cm³/mol. The molecule has 0 aliphatic heterocycles. The van der Waals surface area contributed by atoms with Crippen LogP contribution in [0.2, 0.25) is 0 Å².